The minimum absolute atomic E-state index is 0.298. The molecule has 0 bridgehead atoms. The highest BCUT2D eigenvalue weighted by molar-refractivity contribution is 5.70. The van der Waals surface area contributed by atoms with Crippen LogP contribution in [0.5, 0.6) is 0 Å². The van der Waals surface area contributed by atoms with E-state index >= 15 is 0 Å². The van der Waals surface area contributed by atoms with Crippen molar-refractivity contribution in [3.63, 3.8) is 0 Å². The number of carbonyl (C=O) groups excluding carboxylic acids is 1. The van der Waals surface area contributed by atoms with E-state index in [-0.39, 0.29) is 6.09 Å². The molecule has 0 atom stereocenters. The van der Waals surface area contributed by atoms with E-state index in [1.165, 1.54) is 4.90 Å². The first-order valence-corrected chi connectivity index (χ1v) is 6.73. The van der Waals surface area contributed by atoms with Crippen molar-refractivity contribution >= 4 is 6.09 Å². The Morgan fingerprint density at radius 3 is 2.05 bits per heavy atom. The second-order valence-corrected chi connectivity index (χ2v) is 5.40. The molecule has 2 rings (SSSR count). The van der Waals surface area contributed by atoms with E-state index in [2.05, 4.69) is 10.6 Å². The van der Waals surface area contributed by atoms with Crippen LogP contribution in [-0.2, 0) is 4.74 Å². The Morgan fingerprint density at radius 1 is 1.11 bits per heavy atom. The van der Waals surface area contributed by atoms with Crippen molar-refractivity contribution in [2.24, 2.45) is 0 Å². The Balaban J connectivity index is 0.000000250. The lowest BCUT2D eigenvalue weighted by Gasteiger charge is -2.25. The molecule has 0 aromatic carbocycles. The maximum atomic E-state index is 11.4. The molecule has 0 aromatic rings. The van der Waals surface area contributed by atoms with Gasteiger partial charge in [-0.3, -0.25) is 4.90 Å². The van der Waals surface area contributed by atoms with Gasteiger partial charge < -0.3 is 15.4 Å². The van der Waals surface area contributed by atoms with Crippen molar-refractivity contribution in [1.29, 1.82) is 0 Å². The molecule has 5 nitrogen and oxygen atoms in total. The van der Waals surface area contributed by atoms with Crippen LogP contribution in [0.2, 0.25) is 0 Å². The molecule has 0 aliphatic carbocycles. The Labute approximate surface area is 115 Å². The van der Waals surface area contributed by atoms with Gasteiger partial charge >= 0.3 is 6.09 Å². The van der Waals surface area contributed by atoms with Gasteiger partial charge in [-0.25, -0.2) is 4.79 Å². The summed E-state index contributed by atoms with van der Waals surface area (Å²) in [5.41, 5.74) is -0.425. The van der Waals surface area contributed by atoms with Crippen molar-refractivity contribution in [1.82, 2.24) is 15.5 Å². The smallest absolute Gasteiger partial charge is 0.414 e. The average molecular weight is 267 g/mol. The molecule has 2 heterocycles. The first kappa shape index (κ1) is 15.7. The molecule has 2 N–H and O–H groups in total. The van der Waals surface area contributed by atoms with Crippen molar-refractivity contribution in [3.8, 4) is 0 Å². The van der Waals surface area contributed by atoms with Crippen molar-refractivity contribution in [2.75, 3.05) is 32.7 Å². The van der Waals surface area contributed by atoms with E-state index in [4.69, 9.17) is 4.74 Å². The lowest BCUT2D eigenvalue weighted by Crippen LogP contribution is -2.39. The summed E-state index contributed by atoms with van der Waals surface area (Å²) in [7, 11) is 0. The average Bonchev–Trinajstić information content (AvgIpc) is 2.40. The molecular weight excluding hydrogens is 242 g/mol. The van der Waals surface area contributed by atoms with Gasteiger partial charge in [0.15, 0.2) is 0 Å². The Bertz CT molecular complexity index is 317. The number of ether oxygens (including phenoxy) is 1. The number of carbonyl (C=O) groups is 1. The Morgan fingerprint density at radius 2 is 1.68 bits per heavy atom. The molecule has 0 unspecified atom stereocenters. The van der Waals surface area contributed by atoms with Crippen molar-refractivity contribution in [3.05, 3.63) is 24.4 Å². The molecule has 0 radical (unpaired) electrons. The van der Waals surface area contributed by atoms with Crippen LogP contribution in [0.25, 0.3) is 0 Å². The van der Waals surface area contributed by atoms with Crippen LogP contribution >= 0.6 is 0 Å². The van der Waals surface area contributed by atoms with E-state index in [1.54, 1.807) is 6.20 Å². The summed E-state index contributed by atoms with van der Waals surface area (Å²) in [4.78, 5) is 13.0. The minimum atomic E-state index is -0.425. The topological polar surface area (TPSA) is 53.6 Å². The van der Waals surface area contributed by atoms with Crippen LogP contribution in [0.3, 0.4) is 0 Å². The quantitative estimate of drug-likeness (QED) is 0.698. The second-order valence-electron chi connectivity index (χ2n) is 5.40. The lowest BCUT2D eigenvalue weighted by molar-refractivity contribution is 0.0350. The standard InChI is InChI=1S/C10H15NO2.C4H10N2/c1-10(2,3)13-9(12)11-7-5-4-6-8-11;1-2-6-4-3-5-1/h4-7H,8H2,1-3H3;5-6H,1-4H2. The third kappa shape index (κ3) is 7.64. The molecule has 0 spiro atoms. The molecule has 1 saturated heterocycles. The number of rotatable bonds is 0. The van der Waals surface area contributed by atoms with Gasteiger partial charge in [0.25, 0.3) is 0 Å². The minimum Gasteiger partial charge on any atom is -0.443 e. The molecule has 0 saturated carbocycles. The SMILES string of the molecule is C1CNCCN1.CC(C)(C)OC(=O)N1C=CC=CC1. The molecular formula is C14H25N3O2. The zero-order valence-electron chi connectivity index (χ0n) is 12.1. The van der Waals surface area contributed by atoms with Gasteiger partial charge in [0.05, 0.1) is 0 Å². The first-order chi connectivity index (χ1) is 8.99. The van der Waals surface area contributed by atoms with Gasteiger partial charge in [0.1, 0.15) is 5.60 Å². The predicted octanol–water partition coefficient (Wildman–Crippen LogP) is 1.49. The van der Waals surface area contributed by atoms with Gasteiger partial charge in [0, 0.05) is 38.9 Å². The summed E-state index contributed by atoms with van der Waals surface area (Å²) in [6.45, 7) is 10.7. The summed E-state index contributed by atoms with van der Waals surface area (Å²) in [6.07, 6.45) is 7.04. The highest BCUT2D eigenvalue weighted by Gasteiger charge is 2.20. The summed E-state index contributed by atoms with van der Waals surface area (Å²) in [6, 6.07) is 0. The highest BCUT2D eigenvalue weighted by atomic mass is 16.6. The monoisotopic (exact) mass is 267 g/mol. The third-order valence-electron chi connectivity index (χ3n) is 2.40. The fourth-order valence-corrected chi connectivity index (χ4v) is 1.53. The molecule has 19 heavy (non-hydrogen) atoms. The van der Waals surface area contributed by atoms with Crippen LogP contribution in [-0.4, -0.2) is 49.3 Å². The highest BCUT2D eigenvalue weighted by Crippen LogP contribution is 2.11. The Hall–Kier alpha value is -1.33. The molecule has 2 aliphatic rings. The summed E-state index contributed by atoms with van der Waals surface area (Å²) >= 11 is 0. The summed E-state index contributed by atoms with van der Waals surface area (Å²) in [5, 5.41) is 6.44. The number of nitrogens with one attached hydrogen (secondary N) is 2. The normalized spacial score (nSPS) is 18.6. The fourth-order valence-electron chi connectivity index (χ4n) is 1.53. The van der Waals surface area contributed by atoms with Crippen LogP contribution < -0.4 is 10.6 Å². The van der Waals surface area contributed by atoms with Gasteiger partial charge in [0.2, 0.25) is 0 Å². The van der Waals surface area contributed by atoms with Gasteiger partial charge in [-0.05, 0) is 26.8 Å². The molecule has 108 valence electrons. The zero-order valence-corrected chi connectivity index (χ0v) is 12.1. The number of piperazine rings is 1. The number of nitrogens with zero attached hydrogens (tertiary/aromatic N) is 1. The predicted molar refractivity (Wildman–Crippen MR) is 77.0 cm³/mol. The lowest BCUT2D eigenvalue weighted by atomic mass is 10.2. The van der Waals surface area contributed by atoms with Crippen molar-refractivity contribution in [2.45, 2.75) is 26.4 Å². The van der Waals surface area contributed by atoms with Gasteiger partial charge in [-0.15, -0.1) is 0 Å². The van der Waals surface area contributed by atoms with Gasteiger partial charge in [-0.2, -0.15) is 0 Å². The van der Waals surface area contributed by atoms with E-state index in [0.717, 1.165) is 26.2 Å². The first-order valence-electron chi connectivity index (χ1n) is 6.73. The summed E-state index contributed by atoms with van der Waals surface area (Å²) in [5.74, 6) is 0. The summed E-state index contributed by atoms with van der Waals surface area (Å²) < 4.78 is 5.18. The molecule has 1 fully saturated rings. The fraction of sp³-hybridized carbons (Fsp3) is 0.643. The molecule has 1 amide bonds. The van der Waals surface area contributed by atoms with Crippen LogP contribution in [0.4, 0.5) is 4.79 Å². The number of amides is 1. The molecule has 0 aromatic heterocycles. The Kier molecular flexibility index (Phi) is 6.59. The maximum absolute atomic E-state index is 11.4. The second kappa shape index (κ2) is 7.96. The van der Waals surface area contributed by atoms with E-state index in [0.29, 0.717) is 6.54 Å². The third-order valence-corrected chi connectivity index (χ3v) is 2.40. The number of allylic oxidation sites excluding steroid dienone is 2. The molecule has 2 aliphatic heterocycles. The number of hydrogen-bond acceptors (Lipinski definition) is 4. The van der Waals surface area contributed by atoms with E-state index in [9.17, 15) is 4.79 Å². The largest absolute Gasteiger partial charge is 0.443 e. The number of hydrogen-bond donors (Lipinski definition) is 2. The van der Waals surface area contributed by atoms with Crippen LogP contribution in [0, 0.1) is 0 Å². The zero-order chi connectivity index (χ0) is 14.1. The van der Waals surface area contributed by atoms with Crippen LogP contribution in [0.1, 0.15) is 20.8 Å². The van der Waals surface area contributed by atoms with Gasteiger partial charge in [-0.1, -0.05) is 12.2 Å². The maximum Gasteiger partial charge on any atom is 0.414 e. The van der Waals surface area contributed by atoms with Crippen LogP contribution in [0.15, 0.2) is 24.4 Å². The molecule has 5 heteroatoms. The van der Waals surface area contributed by atoms with E-state index < -0.39 is 5.60 Å². The van der Waals surface area contributed by atoms with E-state index in [1.807, 2.05) is 39.0 Å². The van der Waals surface area contributed by atoms with Crippen molar-refractivity contribution < 1.29 is 9.53 Å².